The Morgan fingerprint density at radius 1 is 0.737 bits per heavy atom. The van der Waals surface area contributed by atoms with E-state index in [0.717, 1.165) is 0 Å². The number of ether oxygens (including phenoxy) is 2. The average molecular weight is 306 g/mol. The summed E-state index contributed by atoms with van der Waals surface area (Å²) in [5.41, 5.74) is 0. The average Bonchev–Trinajstić information content (AvgIpc) is 2.28. The van der Waals surface area contributed by atoms with Crippen LogP contribution in [0.4, 0.5) is 0 Å². The van der Waals surface area contributed by atoms with Crippen molar-refractivity contribution >= 4 is 23.9 Å². The van der Waals surface area contributed by atoms with Crippen LogP contribution in [0, 0.1) is 0 Å². The van der Waals surface area contributed by atoms with Crippen LogP contribution >= 0.6 is 0 Å². The minimum atomic E-state index is -0.927. The van der Waals surface area contributed by atoms with E-state index in [9.17, 15) is 19.2 Å². The van der Waals surface area contributed by atoms with Crippen molar-refractivity contribution in [1.29, 1.82) is 0 Å². The van der Waals surface area contributed by atoms with Crippen molar-refractivity contribution < 1.29 is 47.8 Å². The second-order valence-electron chi connectivity index (χ2n) is 3.80. The number of carbonyl (C=O) groups excluding carboxylic acids is 4. The Morgan fingerprint density at radius 3 is 1.42 bits per heavy atom. The molecule has 0 amide bonds. The first kappa shape index (κ1) is 18.0. The Morgan fingerprint density at radius 2 is 1.11 bits per heavy atom. The van der Waals surface area contributed by atoms with Gasteiger partial charge in [0.25, 0.3) is 0 Å². The molecule has 0 aliphatic carbocycles. The molecule has 7 heteroatoms. The molecule has 0 bridgehead atoms. The van der Waals surface area contributed by atoms with Crippen molar-refractivity contribution in [3.63, 3.8) is 0 Å². The van der Waals surface area contributed by atoms with Crippen molar-refractivity contribution in [2.75, 3.05) is 0 Å². The molecule has 0 aromatic heterocycles. The molecule has 0 atom stereocenters. The number of rotatable bonds is 8. The van der Waals surface area contributed by atoms with E-state index in [0.29, 0.717) is 12.8 Å². The summed E-state index contributed by atoms with van der Waals surface area (Å²) < 4.78 is 9.21. The summed E-state index contributed by atoms with van der Waals surface area (Å²) in [7, 11) is 0. The van der Waals surface area contributed by atoms with Gasteiger partial charge < -0.3 is 0 Å². The molecular weight excluding hydrogens is 288 g/mol. The van der Waals surface area contributed by atoms with Crippen LogP contribution in [0.1, 0.15) is 39.5 Å². The van der Waals surface area contributed by atoms with E-state index in [1.165, 1.54) is 0 Å². The fraction of sp³-hybridized carbons (Fsp3) is 0.667. The van der Waals surface area contributed by atoms with Gasteiger partial charge in [0.2, 0.25) is 0 Å². The molecule has 106 valence electrons. The van der Waals surface area contributed by atoms with E-state index < -0.39 is 43.0 Å². The Kier molecular flexibility index (Phi) is 10.3. The van der Waals surface area contributed by atoms with Crippen molar-refractivity contribution in [1.82, 2.24) is 0 Å². The van der Waals surface area contributed by atoms with Gasteiger partial charge in [0, 0.05) is 0 Å². The third-order valence-corrected chi connectivity index (χ3v) is 3.58. The molecule has 0 aliphatic rings. The van der Waals surface area contributed by atoms with Gasteiger partial charge in [-0.25, -0.2) is 0 Å². The third-order valence-electron chi connectivity index (χ3n) is 1.90. The summed E-state index contributed by atoms with van der Waals surface area (Å²) in [4.78, 5) is 44.4. The zero-order valence-corrected chi connectivity index (χ0v) is 12.8. The van der Waals surface area contributed by atoms with E-state index >= 15 is 0 Å². The number of esters is 4. The van der Waals surface area contributed by atoms with Gasteiger partial charge in [0.15, 0.2) is 0 Å². The SMILES string of the molecule is CCCC(=O)OC(=O)[CH2][Ti][CH2]C(=O)OC(=O)CCC. The molecule has 6 nitrogen and oxygen atoms in total. The molecule has 0 rings (SSSR count). The van der Waals surface area contributed by atoms with Crippen molar-refractivity contribution in [2.45, 2.75) is 49.0 Å². The summed E-state index contributed by atoms with van der Waals surface area (Å²) in [6.07, 6.45) is 1.65. The Balaban J connectivity index is 3.72. The molecule has 0 fully saturated rings. The molecule has 0 heterocycles. The molecule has 0 unspecified atom stereocenters. The molecule has 0 aromatic rings. The van der Waals surface area contributed by atoms with Crippen LogP contribution in [0.5, 0.6) is 0 Å². The van der Waals surface area contributed by atoms with E-state index in [4.69, 9.17) is 0 Å². The molecule has 0 saturated carbocycles. The van der Waals surface area contributed by atoms with Crippen LogP contribution in [-0.4, -0.2) is 23.9 Å². The molecule has 19 heavy (non-hydrogen) atoms. The zero-order chi connectivity index (χ0) is 14.7. The van der Waals surface area contributed by atoms with Gasteiger partial charge in [-0.2, -0.15) is 0 Å². The maximum atomic E-state index is 11.2. The third kappa shape index (κ3) is 10.6. The van der Waals surface area contributed by atoms with Gasteiger partial charge in [-0.15, -0.1) is 0 Å². The minimum absolute atomic E-state index is 0.0759. The quantitative estimate of drug-likeness (QED) is 0.385. The van der Waals surface area contributed by atoms with Crippen LogP contribution < -0.4 is 0 Å². The Labute approximate surface area is 121 Å². The Hall–Kier alpha value is -1.01. The number of hydrogen-bond acceptors (Lipinski definition) is 6. The predicted octanol–water partition coefficient (Wildman–Crippen LogP) is 1.65. The van der Waals surface area contributed by atoms with Crippen LogP contribution in [0.2, 0.25) is 9.45 Å². The second-order valence-corrected chi connectivity index (χ2v) is 5.68. The zero-order valence-electron chi connectivity index (χ0n) is 11.2. The summed E-state index contributed by atoms with van der Waals surface area (Å²) in [5, 5.41) is 0. The summed E-state index contributed by atoms with van der Waals surface area (Å²) in [6, 6.07) is 0. The first-order valence-corrected chi connectivity index (χ1v) is 8.38. The topological polar surface area (TPSA) is 86.7 Å². The monoisotopic (exact) mass is 306 g/mol. The fourth-order valence-electron chi connectivity index (χ4n) is 1.10. The standard InChI is InChI=1S/2C6H9O3.Ti/c2*1-3-4-6(8)9-5(2)7;/h2*2-4H2,1H3;. The van der Waals surface area contributed by atoms with Gasteiger partial charge in [-0.05, 0) is 0 Å². The predicted molar refractivity (Wildman–Crippen MR) is 61.6 cm³/mol. The van der Waals surface area contributed by atoms with Gasteiger partial charge >= 0.3 is 121 Å². The van der Waals surface area contributed by atoms with E-state index in [1.807, 2.05) is 13.8 Å². The second kappa shape index (κ2) is 10.9. The summed E-state index contributed by atoms with van der Waals surface area (Å²) in [6.45, 7) is 3.62. The van der Waals surface area contributed by atoms with Crippen LogP contribution in [0.15, 0.2) is 0 Å². The van der Waals surface area contributed by atoms with E-state index in [-0.39, 0.29) is 22.3 Å². The molecule has 0 aromatic carbocycles. The summed E-state index contributed by atoms with van der Waals surface area (Å²) >= 11 is -0.927. The van der Waals surface area contributed by atoms with E-state index in [1.54, 1.807) is 0 Å². The molecule has 0 saturated heterocycles. The Bertz CT molecular complexity index is 307. The molecule has 0 spiro atoms. The molecule has 0 N–H and O–H groups in total. The first-order valence-electron chi connectivity index (χ1n) is 6.17. The van der Waals surface area contributed by atoms with Crippen LogP contribution in [0.25, 0.3) is 0 Å². The van der Waals surface area contributed by atoms with Crippen LogP contribution in [0.3, 0.4) is 0 Å². The fourth-order valence-corrected chi connectivity index (χ4v) is 2.16. The van der Waals surface area contributed by atoms with Gasteiger partial charge in [-0.1, -0.05) is 0 Å². The van der Waals surface area contributed by atoms with Gasteiger partial charge in [0.1, 0.15) is 0 Å². The maximum absolute atomic E-state index is 11.2. The van der Waals surface area contributed by atoms with Crippen LogP contribution in [-0.2, 0) is 47.8 Å². The molecule has 0 radical (unpaired) electrons. The van der Waals surface area contributed by atoms with Crippen molar-refractivity contribution in [3.8, 4) is 0 Å². The van der Waals surface area contributed by atoms with E-state index in [2.05, 4.69) is 9.47 Å². The number of carbonyl (C=O) groups is 4. The van der Waals surface area contributed by atoms with Gasteiger partial charge in [-0.3, -0.25) is 0 Å². The number of hydrogen-bond donors (Lipinski definition) is 0. The summed E-state index contributed by atoms with van der Waals surface area (Å²) in [5.74, 6) is -2.29. The normalized spacial score (nSPS) is 9.58. The van der Waals surface area contributed by atoms with Gasteiger partial charge in [0.05, 0.1) is 0 Å². The van der Waals surface area contributed by atoms with Crippen molar-refractivity contribution in [3.05, 3.63) is 0 Å². The molecular formula is C12H18O6Ti. The molecule has 0 aliphatic heterocycles. The first-order chi connectivity index (χ1) is 8.99. The van der Waals surface area contributed by atoms with Crippen molar-refractivity contribution in [2.24, 2.45) is 0 Å².